The van der Waals surface area contributed by atoms with Crippen LogP contribution >= 0.6 is 0 Å². The van der Waals surface area contributed by atoms with Gasteiger partial charge < -0.3 is 20.5 Å². The quantitative estimate of drug-likeness (QED) is 0.738. The number of rotatable bonds is 6. The molecule has 2 saturated heterocycles. The van der Waals surface area contributed by atoms with Crippen molar-refractivity contribution in [2.75, 3.05) is 58.2 Å². The van der Waals surface area contributed by atoms with Crippen LogP contribution in [0.3, 0.4) is 0 Å². The van der Waals surface area contributed by atoms with Gasteiger partial charge in [0.2, 0.25) is 0 Å². The largest absolute Gasteiger partial charge is 0.478 e. The third-order valence-electron chi connectivity index (χ3n) is 7.30. The molecule has 2 aliphatic heterocycles. The van der Waals surface area contributed by atoms with Crippen LogP contribution in [0, 0.1) is 12.8 Å². The number of hydrogen-bond donors (Lipinski definition) is 2. The van der Waals surface area contributed by atoms with E-state index in [0.717, 1.165) is 68.7 Å². The molecule has 2 aromatic rings. The number of nitrogens with two attached hydrogens (primary N) is 1. The van der Waals surface area contributed by atoms with Crippen LogP contribution in [0.25, 0.3) is 11.1 Å². The molecule has 0 bridgehead atoms. The fourth-order valence-corrected chi connectivity index (χ4v) is 5.38. The molecule has 1 aromatic heterocycles. The molecule has 0 amide bonds. The van der Waals surface area contributed by atoms with Gasteiger partial charge in [-0.3, -0.25) is 4.90 Å². The van der Waals surface area contributed by atoms with Crippen LogP contribution in [0.4, 0.5) is 5.82 Å². The minimum absolute atomic E-state index is 0.0530. The monoisotopic (exact) mass is 422 g/mol. The standard InChI is InChI=1S/C24H30N4O3/c1-16-20(12-21(23(29)30)22(25)26-16)17-2-4-18(5-3-17)24-13-19(24)14-28(15-24)7-6-27-8-10-31-11-9-27/h2-5,12,19H,6-11,13-15H2,1H3,(H2,25,26)(H,29,30)/t19-,24+/m1/s1. The zero-order valence-corrected chi connectivity index (χ0v) is 18.0. The minimum atomic E-state index is -1.05. The number of aromatic nitrogens is 1. The van der Waals surface area contributed by atoms with E-state index in [1.807, 2.05) is 6.92 Å². The Kier molecular flexibility index (Phi) is 5.20. The zero-order chi connectivity index (χ0) is 21.6. The summed E-state index contributed by atoms with van der Waals surface area (Å²) in [7, 11) is 0. The summed E-state index contributed by atoms with van der Waals surface area (Å²) in [5, 5.41) is 9.37. The van der Waals surface area contributed by atoms with E-state index in [9.17, 15) is 9.90 Å². The molecule has 2 atom stereocenters. The Hall–Kier alpha value is -2.48. The fraction of sp³-hybridized carbons (Fsp3) is 0.500. The Bertz CT molecular complexity index is 987. The number of anilines is 1. The maximum Gasteiger partial charge on any atom is 0.339 e. The van der Waals surface area contributed by atoms with E-state index in [0.29, 0.717) is 5.41 Å². The van der Waals surface area contributed by atoms with Gasteiger partial charge in [0.05, 0.1) is 13.2 Å². The molecule has 3 fully saturated rings. The van der Waals surface area contributed by atoms with Gasteiger partial charge in [0, 0.05) is 55.9 Å². The second kappa shape index (κ2) is 7.89. The summed E-state index contributed by atoms with van der Waals surface area (Å²) < 4.78 is 5.45. The van der Waals surface area contributed by atoms with Crippen molar-refractivity contribution in [3.63, 3.8) is 0 Å². The summed E-state index contributed by atoms with van der Waals surface area (Å²) in [4.78, 5) is 20.8. The first-order valence-electron chi connectivity index (χ1n) is 11.1. The molecule has 0 radical (unpaired) electrons. The first-order valence-corrected chi connectivity index (χ1v) is 11.1. The second-order valence-corrected chi connectivity index (χ2v) is 9.18. The van der Waals surface area contributed by atoms with Crippen molar-refractivity contribution >= 4 is 11.8 Å². The number of hydrogen-bond acceptors (Lipinski definition) is 6. The Labute approximate surface area is 182 Å². The summed E-state index contributed by atoms with van der Waals surface area (Å²) >= 11 is 0. The maximum absolute atomic E-state index is 11.4. The minimum Gasteiger partial charge on any atom is -0.478 e. The lowest BCUT2D eigenvalue weighted by atomic mass is 9.92. The van der Waals surface area contributed by atoms with Crippen molar-refractivity contribution in [3.05, 3.63) is 47.2 Å². The molecule has 7 nitrogen and oxygen atoms in total. The van der Waals surface area contributed by atoms with E-state index in [4.69, 9.17) is 10.5 Å². The van der Waals surface area contributed by atoms with Crippen molar-refractivity contribution in [1.82, 2.24) is 14.8 Å². The topological polar surface area (TPSA) is 91.9 Å². The van der Waals surface area contributed by atoms with Gasteiger partial charge in [0.1, 0.15) is 11.4 Å². The van der Waals surface area contributed by atoms with Crippen molar-refractivity contribution in [3.8, 4) is 11.1 Å². The van der Waals surface area contributed by atoms with Crippen LogP contribution in [0.5, 0.6) is 0 Å². The Morgan fingerprint density at radius 1 is 1.23 bits per heavy atom. The number of benzene rings is 1. The third kappa shape index (κ3) is 3.82. The smallest absolute Gasteiger partial charge is 0.339 e. The molecule has 7 heteroatoms. The third-order valence-corrected chi connectivity index (χ3v) is 7.30. The van der Waals surface area contributed by atoms with E-state index >= 15 is 0 Å². The first kappa shape index (κ1) is 20.4. The molecule has 1 aromatic carbocycles. The summed E-state index contributed by atoms with van der Waals surface area (Å²) in [6.45, 7) is 10.3. The lowest BCUT2D eigenvalue weighted by Crippen LogP contribution is -2.41. The Balaban J connectivity index is 1.28. The van der Waals surface area contributed by atoms with Crippen molar-refractivity contribution < 1.29 is 14.6 Å². The molecule has 3 aliphatic rings. The number of likely N-dealkylation sites (tertiary alicyclic amines) is 1. The van der Waals surface area contributed by atoms with Crippen LogP contribution in [-0.2, 0) is 10.2 Å². The van der Waals surface area contributed by atoms with Gasteiger partial charge in [-0.1, -0.05) is 24.3 Å². The second-order valence-electron chi connectivity index (χ2n) is 9.18. The average molecular weight is 423 g/mol. The molecule has 3 heterocycles. The number of piperidine rings is 1. The highest BCUT2D eigenvalue weighted by Gasteiger charge is 2.60. The van der Waals surface area contributed by atoms with Gasteiger partial charge in [-0.2, -0.15) is 0 Å². The van der Waals surface area contributed by atoms with Gasteiger partial charge in [-0.25, -0.2) is 9.78 Å². The van der Waals surface area contributed by atoms with Crippen LogP contribution in [0.1, 0.15) is 28.0 Å². The molecule has 31 heavy (non-hydrogen) atoms. The van der Waals surface area contributed by atoms with E-state index < -0.39 is 5.97 Å². The van der Waals surface area contributed by atoms with Gasteiger partial charge in [0.15, 0.2) is 0 Å². The molecule has 3 N–H and O–H groups in total. The molecular weight excluding hydrogens is 392 g/mol. The molecule has 0 unspecified atom stereocenters. The van der Waals surface area contributed by atoms with Crippen LogP contribution in [0.2, 0.25) is 0 Å². The highest BCUT2D eigenvalue weighted by Crippen LogP contribution is 2.59. The molecule has 164 valence electrons. The fourth-order valence-electron chi connectivity index (χ4n) is 5.38. The summed E-state index contributed by atoms with van der Waals surface area (Å²) in [5.74, 6) is -0.236. The maximum atomic E-state index is 11.4. The number of ether oxygens (including phenoxy) is 1. The van der Waals surface area contributed by atoms with E-state index in [1.54, 1.807) is 6.07 Å². The number of fused-ring (bicyclic) bond motifs is 1. The highest BCUT2D eigenvalue weighted by atomic mass is 16.5. The SMILES string of the molecule is Cc1nc(N)c(C(=O)O)cc1-c1ccc([C@@]23C[C@@H]2CN(CCN2CCOCC2)C3)cc1. The van der Waals surface area contributed by atoms with Crippen molar-refractivity contribution in [2.45, 2.75) is 18.8 Å². The predicted molar refractivity (Wildman–Crippen MR) is 119 cm³/mol. The van der Waals surface area contributed by atoms with Gasteiger partial charge in [-0.15, -0.1) is 0 Å². The van der Waals surface area contributed by atoms with Crippen LogP contribution in [0.15, 0.2) is 30.3 Å². The predicted octanol–water partition coefficient (Wildman–Crippen LogP) is 2.24. The molecule has 5 rings (SSSR count). The highest BCUT2D eigenvalue weighted by molar-refractivity contribution is 5.94. The summed E-state index contributed by atoms with van der Waals surface area (Å²) in [6.07, 6.45) is 1.27. The number of pyridine rings is 1. The number of carbonyl (C=O) groups is 1. The van der Waals surface area contributed by atoms with E-state index in [1.165, 1.54) is 18.5 Å². The van der Waals surface area contributed by atoms with Crippen LogP contribution < -0.4 is 5.73 Å². The number of aryl methyl sites for hydroxylation is 1. The molecule has 1 saturated carbocycles. The van der Waals surface area contributed by atoms with Gasteiger partial charge in [0.25, 0.3) is 0 Å². The normalized spacial score (nSPS) is 26.0. The van der Waals surface area contributed by atoms with Gasteiger partial charge >= 0.3 is 5.97 Å². The molecular formula is C24H30N4O3. The first-order chi connectivity index (χ1) is 15.0. The number of aromatic carboxylic acids is 1. The molecule has 1 aliphatic carbocycles. The number of nitrogen functional groups attached to an aromatic ring is 1. The van der Waals surface area contributed by atoms with Gasteiger partial charge in [-0.05, 0) is 36.5 Å². The van der Waals surface area contributed by atoms with E-state index in [-0.39, 0.29) is 11.4 Å². The molecule has 0 spiro atoms. The summed E-state index contributed by atoms with van der Waals surface area (Å²) in [6, 6.07) is 10.3. The number of carboxylic acids is 1. The Morgan fingerprint density at radius 3 is 2.65 bits per heavy atom. The lowest BCUT2D eigenvalue weighted by Gasteiger charge is -2.29. The van der Waals surface area contributed by atoms with E-state index in [2.05, 4.69) is 39.0 Å². The van der Waals surface area contributed by atoms with Crippen molar-refractivity contribution in [2.24, 2.45) is 5.92 Å². The summed E-state index contributed by atoms with van der Waals surface area (Å²) in [5.41, 5.74) is 10.1. The van der Waals surface area contributed by atoms with Crippen LogP contribution in [-0.4, -0.2) is 78.3 Å². The number of carboxylic acid groups (broad SMARTS) is 1. The number of nitrogens with zero attached hydrogens (tertiary/aromatic N) is 3. The zero-order valence-electron chi connectivity index (χ0n) is 18.0. The lowest BCUT2D eigenvalue weighted by molar-refractivity contribution is 0.0338. The average Bonchev–Trinajstić information content (AvgIpc) is 3.34. The number of morpholine rings is 1. The Morgan fingerprint density at radius 2 is 1.94 bits per heavy atom. The van der Waals surface area contributed by atoms with Crippen molar-refractivity contribution in [1.29, 1.82) is 0 Å².